The standard InChI is InChI=1S/C12H15N.C11H14N2/c1-8(2)12-9(3)13-11-7-5-4-6-10(11)12;1-7(2)10-8(3)13-11-9(10)5-4-6-12-11/h4-8,13H,1-3H3;4-7H,1-3H3,(H,12,13). The molecule has 0 fully saturated rings. The van der Waals surface area contributed by atoms with Gasteiger partial charge in [-0.2, -0.15) is 0 Å². The number of pyridine rings is 1. The fourth-order valence-electron chi connectivity index (χ4n) is 3.96. The van der Waals surface area contributed by atoms with Crippen molar-refractivity contribution in [2.45, 2.75) is 53.4 Å². The van der Waals surface area contributed by atoms with Gasteiger partial charge in [0.15, 0.2) is 0 Å². The van der Waals surface area contributed by atoms with Crippen LogP contribution in [0.25, 0.3) is 21.9 Å². The van der Waals surface area contributed by atoms with Gasteiger partial charge in [-0.15, -0.1) is 0 Å². The minimum atomic E-state index is 0.554. The normalized spacial score (nSPS) is 11.4. The van der Waals surface area contributed by atoms with Crippen LogP contribution in [0.2, 0.25) is 0 Å². The third kappa shape index (κ3) is 3.39. The number of H-pyrrole nitrogens is 2. The molecule has 1 aromatic carbocycles. The molecule has 3 aromatic heterocycles. The van der Waals surface area contributed by atoms with Gasteiger partial charge in [-0.1, -0.05) is 45.9 Å². The largest absolute Gasteiger partial charge is 0.358 e. The average molecular weight is 348 g/mol. The van der Waals surface area contributed by atoms with Crippen molar-refractivity contribution in [3.8, 4) is 0 Å². The number of hydrogen-bond donors (Lipinski definition) is 2. The lowest BCUT2D eigenvalue weighted by molar-refractivity contribution is 0.863. The molecule has 0 saturated carbocycles. The molecule has 3 heterocycles. The first-order chi connectivity index (χ1) is 12.4. The minimum absolute atomic E-state index is 0.554. The topological polar surface area (TPSA) is 44.5 Å². The zero-order chi connectivity index (χ0) is 18.8. The summed E-state index contributed by atoms with van der Waals surface area (Å²) in [4.78, 5) is 11.0. The van der Waals surface area contributed by atoms with Crippen molar-refractivity contribution < 1.29 is 0 Å². The molecule has 4 aromatic rings. The second-order valence-corrected chi connectivity index (χ2v) is 7.58. The Morgan fingerprint density at radius 1 is 0.731 bits per heavy atom. The number of hydrogen-bond acceptors (Lipinski definition) is 1. The van der Waals surface area contributed by atoms with E-state index in [9.17, 15) is 0 Å². The lowest BCUT2D eigenvalue weighted by Gasteiger charge is -2.04. The number of nitrogens with zero attached hydrogens (tertiary/aromatic N) is 1. The first kappa shape index (κ1) is 18.2. The minimum Gasteiger partial charge on any atom is -0.358 e. The number of para-hydroxylation sites is 1. The molecule has 0 bridgehead atoms. The first-order valence-corrected chi connectivity index (χ1v) is 9.40. The summed E-state index contributed by atoms with van der Waals surface area (Å²) in [6, 6.07) is 12.6. The molecule has 4 rings (SSSR count). The highest BCUT2D eigenvalue weighted by Crippen LogP contribution is 2.28. The molecule has 3 heteroatoms. The number of aromatic nitrogens is 3. The zero-order valence-corrected chi connectivity index (χ0v) is 16.6. The summed E-state index contributed by atoms with van der Waals surface area (Å²) in [6.07, 6.45) is 1.82. The molecule has 0 aliphatic rings. The summed E-state index contributed by atoms with van der Waals surface area (Å²) in [5.74, 6) is 1.15. The van der Waals surface area contributed by atoms with Gasteiger partial charge in [0.1, 0.15) is 5.65 Å². The van der Waals surface area contributed by atoms with E-state index >= 15 is 0 Å². The summed E-state index contributed by atoms with van der Waals surface area (Å²) >= 11 is 0. The fraction of sp³-hybridized carbons (Fsp3) is 0.348. The summed E-state index contributed by atoms with van der Waals surface area (Å²) in [6.45, 7) is 13.2. The maximum absolute atomic E-state index is 4.29. The van der Waals surface area contributed by atoms with Crippen LogP contribution >= 0.6 is 0 Å². The summed E-state index contributed by atoms with van der Waals surface area (Å²) in [5, 5.41) is 2.63. The van der Waals surface area contributed by atoms with Gasteiger partial charge in [-0.05, 0) is 55.0 Å². The van der Waals surface area contributed by atoms with Crippen LogP contribution in [-0.4, -0.2) is 15.0 Å². The highest BCUT2D eigenvalue weighted by molar-refractivity contribution is 5.85. The van der Waals surface area contributed by atoms with Crippen molar-refractivity contribution in [1.82, 2.24) is 15.0 Å². The van der Waals surface area contributed by atoms with Gasteiger partial charge in [0, 0.05) is 33.9 Å². The van der Waals surface area contributed by atoms with Crippen LogP contribution in [0.5, 0.6) is 0 Å². The van der Waals surface area contributed by atoms with Crippen molar-refractivity contribution in [3.63, 3.8) is 0 Å². The van der Waals surface area contributed by atoms with E-state index in [1.165, 1.54) is 38.8 Å². The maximum Gasteiger partial charge on any atom is 0.137 e. The van der Waals surface area contributed by atoms with Crippen LogP contribution in [0.1, 0.15) is 62.0 Å². The Morgan fingerprint density at radius 3 is 2.00 bits per heavy atom. The van der Waals surface area contributed by atoms with Gasteiger partial charge >= 0.3 is 0 Å². The zero-order valence-electron chi connectivity index (χ0n) is 16.6. The summed E-state index contributed by atoms with van der Waals surface area (Å²) < 4.78 is 0. The van der Waals surface area contributed by atoms with E-state index in [1.807, 2.05) is 12.3 Å². The fourth-order valence-corrected chi connectivity index (χ4v) is 3.96. The molecule has 136 valence electrons. The van der Waals surface area contributed by atoms with Crippen molar-refractivity contribution in [1.29, 1.82) is 0 Å². The molecule has 0 aliphatic heterocycles. The van der Waals surface area contributed by atoms with Crippen LogP contribution in [0.3, 0.4) is 0 Å². The van der Waals surface area contributed by atoms with E-state index < -0.39 is 0 Å². The van der Waals surface area contributed by atoms with Gasteiger partial charge in [-0.3, -0.25) is 0 Å². The number of fused-ring (bicyclic) bond motifs is 2. The second kappa shape index (κ2) is 7.36. The molecule has 3 nitrogen and oxygen atoms in total. The lowest BCUT2D eigenvalue weighted by Crippen LogP contribution is -1.87. The quantitative estimate of drug-likeness (QED) is 0.422. The summed E-state index contributed by atoms with van der Waals surface area (Å²) in [5.41, 5.74) is 7.64. The molecule has 0 spiro atoms. The van der Waals surface area contributed by atoms with E-state index in [0.29, 0.717) is 11.8 Å². The van der Waals surface area contributed by atoms with Crippen molar-refractivity contribution in [3.05, 3.63) is 65.1 Å². The Hall–Kier alpha value is -2.55. The maximum atomic E-state index is 4.29. The number of benzene rings is 1. The monoisotopic (exact) mass is 347 g/mol. The van der Waals surface area contributed by atoms with Crippen LogP contribution in [0.4, 0.5) is 0 Å². The molecule has 0 radical (unpaired) electrons. The van der Waals surface area contributed by atoms with Crippen LogP contribution < -0.4 is 0 Å². The van der Waals surface area contributed by atoms with Crippen LogP contribution in [-0.2, 0) is 0 Å². The predicted octanol–water partition coefficient (Wildman–Crippen LogP) is 6.59. The molecular weight excluding hydrogens is 318 g/mol. The number of aryl methyl sites for hydroxylation is 2. The number of nitrogens with one attached hydrogen (secondary N) is 2. The lowest BCUT2D eigenvalue weighted by atomic mass is 10.00. The Balaban J connectivity index is 0.000000151. The smallest absolute Gasteiger partial charge is 0.137 e. The molecule has 26 heavy (non-hydrogen) atoms. The van der Waals surface area contributed by atoms with Gasteiger partial charge in [0.05, 0.1) is 0 Å². The Bertz CT molecular complexity index is 934. The third-order valence-corrected chi connectivity index (χ3v) is 4.91. The molecular formula is C23H29N3. The summed E-state index contributed by atoms with van der Waals surface area (Å²) in [7, 11) is 0. The van der Waals surface area contributed by atoms with Crippen molar-refractivity contribution in [2.75, 3.05) is 0 Å². The van der Waals surface area contributed by atoms with E-state index in [1.54, 1.807) is 0 Å². The molecule has 2 N–H and O–H groups in total. The number of rotatable bonds is 2. The second-order valence-electron chi connectivity index (χ2n) is 7.58. The van der Waals surface area contributed by atoms with Gasteiger partial charge in [0.2, 0.25) is 0 Å². The SMILES string of the molecule is Cc1[nH]c2ccccc2c1C(C)C.Cc1[nH]c2ncccc2c1C(C)C. The average Bonchev–Trinajstić information content (AvgIpc) is 3.10. The Labute approximate surface area is 155 Å². The highest BCUT2D eigenvalue weighted by atomic mass is 14.9. The predicted molar refractivity (Wildman–Crippen MR) is 112 cm³/mol. The molecule has 0 amide bonds. The van der Waals surface area contributed by atoms with Crippen LogP contribution in [0.15, 0.2) is 42.6 Å². The van der Waals surface area contributed by atoms with Gasteiger partial charge < -0.3 is 9.97 Å². The van der Waals surface area contributed by atoms with Gasteiger partial charge in [-0.25, -0.2) is 4.98 Å². The third-order valence-electron chi connectivity index (χ3n) is 4.91. The van der Waals surface area contributed by atoms with Gasteiger partial charge in [0.25, 0.3) is 0 Å². The molecule has 0 aliphatic carbocycles. The number of aromatic amines is 2. The van der Waals surface area contributed by atoms with E-state index in [2.05, 4.69) is 86.8 Å². The van der Waals surface area contributed by atoms with Crippen molar-refractivity contribution >= 4 is 21.9 Å². The highest BCUT2D eigenvalue weighted by Gasteiger charge is 2.11. The molecule has 0 saturated heterocycles. The first-order valence-electron chi connectivity index (χ1n) is 9.40. The van der Waals surface area contributed by atoms with E-state index in [0.717, 1.165) is 5.65 Å². The molecule has 0 unspecified atom stereocenters. The Kier molecular flexibility index (Phi) is 5.17. The molecule has 0 atom stereocenters. The van der Waals surface area contributed by atoms with Crippen LogP contribution in [0, 0.1) is 13.8 Å². The van der Waals surface area contributed by atoms with Crippen molar-refractivity contribution in [2.24, 2.45) is 0 Å². The van der Waals surface area contributed by atoms with E-state index in [-0.39, 0.29) is 0 Å². The van der Waals surface area contributed by atoms with E-state index in [4.69, 9.17) is 0 Å². The Morgan fingerprint density at radius 2 is 1.31 bits per heavy atom.